The molecule has 0 spiro atoms. The van der Waals surface area contributed by atoms with Crippen molar-refractivity contribution < 1.29 is 0 Å². The van der Waals surface area contributed by atoms with E-state index in [0.717, 1.165) is 5.69 Å². The zero-order valence-corrected chi connectivity index (χ0v) is 6.39. The molecule has 0 saturated carbocycles. The Labute approximate surface area is 64.5 Å². The standard InChI is InChI=1S/C5H6N2S2/c8-5(9)4-3-6-1-2-7-4/h1-3,5,8-9H. The lowest BCUT2D eigenvalue weighted by Crippen LogP contribution is -1.86. The molecule has 2 nitrogen and oxygen atoms in total. The highest BCUT2D eigenvalue weighted by molar-refractivity contribution is 7.98. The van der Waals surface area contributed by atoms with Crippen LogP contribution in [0.5, 0.6) is 0 Å². The van der Waals surface area contributed by atoms with Crippen LogP contribution in [0.3, 0.4) is 0 Å². The van der Waals surface area contributed by atoms with Crippen molar-refractivity contribution in [2.24, 2.45) is 0 Å². The van der Waals surface area contributed by atoms with E-state index in [1.165, 1.54) is 0 Å². The fourth-order valence-electron chi connectivity index (χ4n) is 0.444. The van der Waals surface area contributed by atoms with Gasteiger partial charge in [-0.3, -0.25) is 9.97 Å². The molecule has 1 heterocycles. The van der Waals surface area contributed by atoms with Crippen LogP contribution in [0.4, 0.5) is 0 Å². The van der Waals surface area contributed by atoms with Gasteiger partial charge in [-0.1, -0.05) is 0 Å². The minimum absolute atomic E-state index is 0.126. The van der Waals surface area contributed by atoms with Crippen molar-refractivity contribution in [1.29, 1.82) is 0 Å². The summed E-state index contributed by atoms with van der Waals surface area (Å²) in [6.07, 6.45) is 4.88. The maximum atomic E-state index is 4.05. The number of rotatable bonds is 1. The first-order valence-corrected chi connectivity index (χ1v) is 3.46. The Balaban J connectivity index is 2.85. The molecule has 0 fully saturated rings. The van der Waals surface area contributed by atoms with Crippen molar-refractivity contribution in [3.63, 3.8) is 0 Å². The van der Waals surface area contributed by atoms with E-state index in [4.69, 9.17) is 0 Å². The fourth-order valence-corrected chi connectivity index (χ4v) is 0.711. The molecule has 48 valence electrons. The molecule has 0 aliphatic carbocycles. The summed E-state index contributed by atoms with van der Waals surface area (Å²) in [7, 11) is 0. The lowest BCUT2D eigenvalue weighted by atomic mass is 10.5. The molecular formula is C5H6N2S2. The van der Waals surface area contributed by atoms with Gasteiger partial charge >= 0.3 is 0 Å². The van der Waals surface area contributed by atoms with E-state index < -0.39 is 0 Å². The van der Waals surface area contributed by atoms with Crippen molar-refractivity contribution in [2.75, 3.05) is 0 Å². The van der Waals surface area contributed by atoms with E-state index >= 15 is 0 Å². The smallest absolute Gasteiger partial charge is 0.0879 e. The second-order valence-corrected chi connectivity index (χ2v) is 2.94. The summed E-state index contributed by atoms with van der Waals surface area (Å²) >= 11 is 8.10. The predicted molar refractivity (Wildman–Crippen MR) is 42.7 cm³/mol. The highest BCUT2D eigenvalue weighted by Crippen LogP contribution is 2.19. The Morgan fingerprint density at radius 2 is 2.11 bits per heavy atom. The van der Waals surface area contributed by atoms with Gasteiger partial charge in [-0.2, -0.15) is 25.3 Å². The number of nitrogens with zero attached hydrogens (tertiary/aromatic N) is 2. The molecule has 0 saturated heterocycles. The van der Waals surface area contributed by atoms with Crippen LogP contribution in [0.2, 0.25) is 0 Å². The molecule has 4 heteroatoms. The number of hydrogen-bond acceptors (Lipinski definition) is 4. The van der Waals surface area contributed by atoms with Crippen LogP contribution in [-0.2, 0) is 0 Å². The van der Waals surface area contributed by atoms with Crippen LogP contribution in [0.1, 0.15) is 10.3 Å². The lowest BCUT2D eigenvalue weighted by Gasteiger charge is -1.97. The Morgan fingerprint density at radius 3 is 2.44 bits per heavy atom. The van der Waals surface area contributed by atoms with Gasteiger partial charge in [0.15, 0.2) is 0 Å². The third kappa shape index (κ3) is 1.87. The first-order valence-electron chi connectivity index (χ1n) is 2.43. The average Bonchev–Trinajstić information content (AvgIpc) is 1.90. The summed E-state index contributed by atoms with van der Waals surface area (Å²) < 4.78 is -0.126. The zero-order valence-electron chi connectivity index (χ0n) is 4.60. The Morgan fingerprint density at radius 1 is 1.33 bits per heavy atom. The van der Waals surface area contributed by atoms with Crippen molar-refractivity contribution in [3.05, 3.63) is 24.3 Å². The molecule has 0 unspecified atom stereocenters. The van der Waals surface area contributed by atoms with Gasteiger partial charge in [0.1, 0.15) is 0 Å². The molecule has 0 aliphatic rings. The summed E-state index contributed by atoms with van der Waals surface area (Å²) in [5, 5.41) is 0. The van der Waals surface area contributed by atoms with Crippen LogP contribution in [0.25, 0.3) is 0 Å². The van der Waals surface area contributed by atoms with Crippen LogP contribution >= 0.6 is 25.3 Å². The molecule has 0 atom stereocenters. The van der Waals surface area contributed by atoms with Crippen LogP contribution < -0.4 is 0 Å². The van der Waals surface area contributed by atoms with E-state index in [2.05, 4.69) is 35.2 Å². The normalized spacial score (nSPS) is 10.1. The molecule has 1 aromatic rings. The molecule has 1 rings (SSSR count). The van der Waals surface area contributed by atoms with Crippen molar-refractivity contribution in [3.8, 4) is 0 Å². The molecule has 0 bridgehead atoms. The third-order valence-electron chi connectivity index (χ3n) is 0.848. The van der Waals surface area contributed by atoms with Crippen molar-refractivity contribution >= 4 is 25.3 Å². The lowest BCUT2D eigenvalue weighted by molar-refractivity contribution is 1.10. The Bertz CT molecular complexity index is 176. The van der Waals surface area contributed by atoms with E-state index in [0.29, 0.717) is 0 Å². The number of thiol groups is 2. The van der Waals surface area contributed by atoms with Gasteiger partial charge < -0.3 is 0 Å². The van der Waals surface area contributed by atoms with Gasteiger partial charge in [-0.25, -0.2) is 0 Å². The first-order chi connectivity index (χ1) is 4.30. The number of aromatic nitrogens is 2. The summed E-state index contributed by atoms with van der Waals surface area (Å²) in [6, 6.07) is 0. The summed E-state index contributed by atoms with van der Waals surface area (Å²) in [6.45, 7) is 0. The van der Waals surface area contributed by atoms with E-state index in [9.17, 15) is 0 Å². The second-order valence-electron chi connectivity index (χ2n) is 1.50. The highest BCUT2D eigenvalue weighted by Gasteiger charge is 1.98. The van der Waals surface area contributed by atoms with E-state index in [-0.39, 0.29) is 4.58 Å². The van der Waals surface area contributed by atoms with Crippen LogP contribution in [-0.4, -0.2) is 9.97 Å². The maximum Gasteiger partial charge on any atom is 0.0879 e. The summed E-state index contributed by atoms with van der Waals surface area (Å²) in [5.74, 6) is 0. The molecule has 9 heavy (non-hydrogen) atoms. The SMILES string of the molecule is SC(S)c1cnccn1. The largest absolute Gasteiger partial charge is 0.261 e. The summed E-state index contributed by atoms with van der Waals surface area (Å²) in [5.41, 5.74) is 0.782. The molecule has 0 aromatic carbocycles. The maximum absolute atomic E-state index is 4.05. The van der Waals surface area contributed by atoms with Gasteiger partial charge in [0, 0.05) is 12.4 Å². The van der Waals surface area contributed by atoms with Crippen molar-refractivity contribution in [2.45, 2.75) is 4.58 Å². The average molecular weight is 158 g/mol. The molecule has 0 N–H and O–H groups in total. The van der Waals surface area contributed by atoms with Crippen molar-refractivity contribution in [1.82, 2.24) is 9.97 Å². The van der Waals surface area contributed by atoms with Gasteiger partial charge in [0.2, 0.25) is 0 Å². The first kappa shape index (κ1) is 6.89. The number of hydrogen-bond donors (Lipinski definition) is 2. The second kappa shape index (κ2) is 3.08. The monoisotopic (exact) mass is 158 g/mol. The van der Waals surface area contributed by atoms with Crippen LogP contribution in [0, 0.1) is 0 Å². The van der Waals surface area contributed by atoms with Gasteiger partial charge in [0.05, 0.1) is 16.5 Å². The Hall–Kier alpha value is -0.220. The summed E-state index contributed by atoms with van der Waals surface area (Å²) in [4.78, 5) is 7.81. The quantitative estimate of drug-likeness (QED) is 0.476. The molecule has 1 aromatic heterocycles. The predicted octanol–water partition coefficient (Wildman–Crippen LogP) is 1.33. The minimum atomic E-state index is -0.126. The Kier molecular flexibility index (Phi) is 2.36. The third-order valence-corrected chi connectivity index (χ3v) is 1.38. The molecule has 0 amide bonds. The minimum Gasteiger partial charge on any atom is -0.261 e. The van der Waals surface area contributed by atoms with Gasteiger partial charge in [-0.15, -0.1) is 0 Å². The van der Waals surface area contributed by atoms with E-state index in [1.807, 2.05) is 0 Å². The van der Waals surface area contributed by atoms with Crippen LogP contribution in [0.15, 0.2) is 18.6 Å². The molecular weight excluding hydrogens is 152 g/mol. The van der Waals surface area contributed by atoms with Gasteiger partial charge in [0.25, 0.3) is 0 Å². The van der Waals surface area contributed by atoms with Gasteiger partial charge in [-0.05, 0) is 0 Å². The molecule has 0 aliphatic heterocycles. The topological polar surface area (TPSA) is 25.8 Å². The zero-order chi connectivity index (χ0) is 6.69. The van der Waals surface area contributed by atoms with E-state index in [1.54, 1.807) is 18.6 Å². The highest BCUT2D eigenvalue weighted by atomic mass is 32.2. The molecule has 0 radical (unpaired) electrons. The fraction of sp³-hybridized carbons (Fsp3) is 0.200.